The van der Waals surface area contributed by atoms with E-state index in [9.17, 15) is 24.5 Å². The van der Waals surface area contributed by atoms with E-state index < -0.39 is 20.0 Å². The summed E-state index contributed by atoms with van der Waals surface area (Å²) < 4.78 is 23.5. The monoisotopic (exact) mass is 782 g/mol. The highest BCUT2D eigenvalue weighted by Crippen LogP contribution is 2.43. The lowest BCUT2D eigenvalue weighted by Gasteiger charge is -2.25. The molecule has 0 heterocycles. The van der Waals surface area contributed by atoms with Crippen LogP contribution in [0.4, 0.5) is 0 Å². The number of carbonyl (C=O) groups excluding carboxylic acids is 1. The Morgan fingerprint density at radius 2 is 1.24 bits per heavy atom. The molecule has 10 heteroatoms. The highest BCUT2D eigenvalue weighted by atomic mass is 31.2. The fourth-order valence-electron chi connectivity index (χ4n) is 5.61. The molecule has 54 heavy (non-hydrogen) atoms. The molecular formula is C44H82N2O7P+. The van der Waals surface area contributed by atoms with Gasteiger partial charge in [-0.25, -0.2) is 4.57 Å². The molecule has 0 aromatic heterocycles. The van der Waals surface area contributed by atoms with Gasteiger partial charge in [-0.05, 0) is 44.9 Å². The van der Waals surface area contributed by atoms with Crippen molar-refractivity contribution < 1.29 is 38.0 Å². The SMILES string of the molecule is CCCCCCCCCCCCCC/C=C/[C@@H](O)[C@H](COP(=O)(O)OCC[N+](C)(C)C)NC(=O)CCC/C=C\C/C=C\C/C=C\C=C\[C@@H](O)CCCCC. The van der Waals surface area contributed by atoms with Gasteiger partial charge in [-0.2, -0.15) is 0 Å². The van der Waals surface area contributed by atoms with E-state index in [1.807, 2.05) is 45.4 Å². The third-order valence-corrected chi connectivity index (χ3v) is 10.1. The fraction of sp³-hybridized carbons (Fsp3) is 0.750. The lowest BCUT2D eigenvalue weighted by Crippen LogP contribution is -2.45. The molecule has 1 unspecified atom stereocenters. The summed E-state index contributed by atoms with van der Waals surface area (Å²) >= 11 is 0. The van der Waals surface area contributed by atoms with Crippen LogP contribution in [0.5, 0.6) is 0 Å². The number of aliphatic hydroxyl groups excluding tert-OH is 2. The van der Waals surface area contributed by atoms with Crippen molar-refractivity contribution in [2.75, 3.05) is 40.9 Å². The molecule has 4 atom stereocenters. The van der Waals surface area contributed by atoms with Gasteiger partial charge in [-0.15, -0.1) is 0 Å². The summed E-state index contributed by atoms with van der Waals surface area (Å²) in [4.78, 5) is 23.0. The van der Waals surface area contributed by atoms with E-state index in [2.05, 4.69) is 49.5 Å². The zero-order valence-corrected chi connectivity index (χ0v) is 35.9. The van der Waals surface area contributed by atoms with Crippen LogP contribution in [0.2, 0.25) is 0 Å². The number of amides is 1. The minimum atomic E-state index is -4.36. The molecule has 0 saturated carbocycles. The summed E-state index contributed by atoms with van der Waals surface area (Å²) in [6, 6.07) is -0.890. The van der Waals surface area contributed by atoms with Crippen LogP contribution in [0.3, 0.4) is 0 Å². The van der Waals surface area contributed by atoms with Crippen LogP contribution in [0, 0.1) is 0 Å². The molecule has 4 N–H and O–H groups in total. The van der Waals surface area contributed by atoms with Gasteiger partial charge in [0.2, 0.25) is 5.91 Å². The third kappa shape index (κ3) is 37.1. The van der Waals surface area contributed by atoms with Crippen molar-refractivity contribution in [3.8, 4) is 0 Å². The second kappa shape index (κ2) is 35.6. The van der Waals surface area contributed by atoms with Gasteiger partial charge >= 0.3 is 7.82 Å². The topological polar surface area (TPSA) is 125 Å². The first kappa shape index (κ1) is 52.2. The number of hydrogen-bond acceptors (Lipinski definition) is 6. The summed E-state index contributed by atoms with van der Waals surface area (Å²) in [5, 5.41) is 23.6. The van der Waals surface area contributed by atoms with Gasteiger partial charge in [-0.1, -0.05) is 164 Å². The minimum absolute atomic E-state index is 0.0405. The molecule has 0 radical (unpaired) electrons. The van der Waals surface area contributed by atoms with Crippen molar-refractivity contribution in [3.05, 3.63) is 60.8 Å². The number of likely N-dealkylation sites (N-methyl/N-ethyl adjacent to an activating group) is 1. The molecule has 0 spiro atoms. The van der Waals surface area contributed by atoms with E-state index in [-0.39, 0.29) is 31.6 Å². The number of nitrogens with zero attached hydrogens (tertiary/aromatic N) is 1. The number of phosphoric ester groups is 1. The zero-order valence-electron chi connectivity index (χ0n) is 35.1. The number of nitrogens with one attached hydrogen (secondary N) is 1. The van der Waals surface area contributed by atoms with Crippen LogP contribution < -0.4 is 5.32 Å². The summed E-state index contributed by atoms with van der Waals surface area (Å²) in [5.74, 6) is -0.252. The molecule has 0 rings (SSSR count). The van der Waals surface area contributed by atoms with Crippen LogP contribution in [-0.4, -0.2) is 84.6 Å². The Morgan fingerprint density at radius 1 is 0.685 bits per heavy atom. The minimum Gasteiger partial charge on any atom is -0.389 e. The van der Waals surface area contributed by atoms with E-state index in [0.29, 0.717) is 17.4 Å². The van der Waals surface area contributed by atoms with Crippen LogP contribution in [0.1, 0.15) is 155 Å². The maximum Gasteiger partial charge on any atom is 0.472 e. The highest BCUT2D eigenvalue weighted by molar-refractivity contribution is 7.47. The van der Waals surface area contributed by atoms with Crippen LogP contribution in [-0.2, 0) is 18.4 Å². The molecule has 1 amide bonds. The number of phosphoric acid groups is 1. The van der Waals surface area contributed by atoms with Crippen molar-refractivity contribution in [1.29, 1.82) is 0 Å². The van der Waals surface area contributed by atoms with Crippen molar-refractivity contribution in [2.45, 2.75) is 173 Å². The number of allylic oxidation sites excluding steroid dienone is 8. The van der Waals surface area contributed by atoms with Gasteiger partial charge in [-0.3, -0.25) is 13.8 Å². The van der Waals surface area contributed by atoms with Gasteiger partial charge < -0.3 is 24.9 Å². The number of carbonyl (C=O) groups is 1. The largest absolute Gasteiger partial charge is 0.472 e. The van der Waals surface area contributed by atoms with Gasteiger partial charge in [0.25, 0.3) is 0 Å². The molecule has 0 aliphatic heterocycles. The van der Waals surface area contributed by atoms with Crippen molar-refractivity contribution in [1.82, 2.24) is 5.32 Å². The van der Waals surface area contributed by atoms with E-state index in [0.717, 1.165) is 64.2 Å². The quantitative estimate of drug-likeness (QED) is 0.0163. The first-order valence-electron chi connectivity index (χ1n) is 21.3. The lowest BCUT2D eigenvalue weighted by atomic mass is 10.0. The number of unbranched alkanes of at least 4 members (excludes halogenated alkanes) is 15. The second-order valence-corrected chi connectivity index (χ2v) is 17.0. The predicted molar refractivity (Wildman–Crippen MR) is 227 cm³/mol. The van der Waals surface area contributed by atoms with Crippen LogP contribution in [0.15, 0.2) is 60.8 Å². The average molecular weight is 782 g/mol. The smallest absolute Gasteiger partial charge is 0.389 e. The molecule has 0 saturated heterocycles. The molecule has 9 nitrogen and oxygen atoms in total. The van der Waals surface area contributed by atoms with Crippen LogP contribution >= 0.6 is 7.82 Å². The summed E-state index contributed by atoms with van der Waals surface area (Å²) in [6.45, 7) is 4.61. The Balaban J connectivity index is 4.63. The number of rotatable bonds is 37. The van der Waals surface area contributed by atoms with Crippen molar-refractivity contribution in [3.63, 3.8) is 0 Å². The van der Waals surface area contributed by atoms with Crippen molar-refractivity contribution >= 4 is 13.7 Å². The zero-order chi connectivity index (χ0) is 40.2. The van der Waals surface area contributed by atoms with Gasteiger partial charge in [0.15, 0.2) is 0 Å². The lowest BCUT2D eigenvalue weighted by molar-refractivity contribution is -0.870. The summed E-state index contributed by atoms with van der Waals surface area (Å²) in [5.41, 5.74) is 0. The highest BCUT2D eigenvalue weighted by Gasteiger charge is 2.27. The van der Waals surface area contributed by atoms with E-state index in [1.54, 1.807) is 6.08 Å². The predicted octanol–water partition coefficient (Wildman–Crippen LogP) is 10.4. The molecule has 0 bridgehead atoms. The Bertz CT molecular complexity index is 1080. The Labute approximate surface area is 331 Å². The van der Waals surface area contributed by atoms with E-state index in [1.165, 1.54) is 64.2 Å². The van der Waals surface area contributed by atoms with Gasteiger partial charge in [0.1, 0.15) is 13.2 Å². The summed E-state index contributed by atoms with van der Waals surface area (Å²) in [7, 11) is 1.50. The average Bonchev–Trinajstić information content (AvgIpc) is 3.11. The molecule has 0 fully saturated rings. The molecule has 0 aliphatic carbocycles. The molecule has 314 valence electrons. The fourth-order valence-corrected chi connectivity index (χ4v) is 6.35. The Morgan fingerprint density at radius 3 is 1.87 bits per heavy atom. The number of aliphatic hydroxyl groups is 2. The Hall–Kier alpha value is -1.84. The van der Waals surface area contributed by atoms with Gasteiger partial charge in [0.05, 0.1) is 46.0 Å². The van der Waals surface area contributed by atoms with Gasteiger partial charge in [0, 0.05) is 6.42 Å². The second-order valence-electron chi connectivity index (χ2n) is 15.6. The standard InChI is InChI=1S/C44H81N2O7P/c1-6-8-10-11-12-13-14-15-16-19-22-25-28-32-36-43(48)42(40-53-54(50,51)52-39-38-46(3,4)5)45-44(49)37-33-29-26-23-20-17-18-21-24-27-31-35-41(47)34-30-9-7-2/h17-18,23-24,26-27,31-32,35-36,41-43,47-48H,6-16,19-22,25,28-30,33-34,37-40H2,1-5H3,(H-,45,49,50,51)/p+1/b18-17-,26-23-,27-24-,35-31+,36-32+/t41-,42-,43+/m0/s1. The van der Waals surface area contributed by atoms with Crippen molar-refractivity contribution in [2.24, 2.45) is 0 Å². The first-order chi connectivity index (χ1) is 25.9. The molecule has 0 aromatic carbocycles. The molecule has 0 aromatic rings. The van der Waals surface area contributed by atoms with E-state index in [4.69, 9.17) is 9.05 Å². The molecule has 0 aliphatic rings. The normalized spacial score (nSPS) is 15.6. The maximum atomic E-state index is 12.8. The van der Waals surface area contributed by atoms with Crippen LogP contribution in [0.25, 0.3) is 0 Å². The number of hydrogen-bond donors (Lipinski definition) is 4. The third-order valence-electron chi connectivity index (χ3n) is 9.09. The Kier molecular flexibility index (Phi) is 34.4. The number of quaternary nitrogens is 1. The summed E-state index contributed by atoms with van der Waals surface area (Å²) in [6.07, 6.45) is 41.9. The van der Waals surface area contributed by atoms with E-state index >= 15 is 0 Å². The maximum absolute atomic E-state index is 12.8. The molecular weight excluding hydrogens is 699 g/mol. The first-order valence-corrected chi connectivity index (χ1v) is 22.8.